The normalized spacial score (nSPS) is 22.4. The van der Waals surface area contributed by atoms with Crippen molar-refractivity contribution < 1.29 is 0 Å². The summed E-state index contributed by atoms with van der Waals surface area (Å²) >= 11 is 5.92. The summed E-state index contributed by atoms with van der Waals surface area (Å²) in [5.41, 5.74) is 7.44. The summed E-state index contributed by atoms with van der Waals surface area (Å²) in [6.07, 6.45) is 4.90. The van der Waals surface area contributed by atoms with E-state index in [0.29, 0.717) is 6.04 Å². The zero-order valence-electron chi connectivity index (χ0n) is 11.8. The lowest BCUT2D eigenvalue weighted by atomic mass is 9.90. The first-order valence-corrected chi connectivity index (χ1v) is 7.77. The van der Waals surface area contributed by atoms with E-state index < -0.39 is 0 Å². The van der Waals surface area contributed by atoms with Gasteiger partial charge in [0.25, 0.3) is 0 Å². The van der Waals surface area contributed by atoms with E-state index in [4.69, 9.17) is 17.3 Å². The van der Waals surface area contributed by atoms with Gasteiger partial charge in [0.05, 0.1) is 0 Å². The lowest BCUT2D eigenvalue weighted by Gasteiger charge is -2.33. The predicted molar refractivity (Wildman–Crippen MR) is 82.3 cm³/mol. The molecule has 2 nitrogen and oxygen atoms in total. The minimum absolute atomic E-state index is 0.375. The molecule has 1 heterocycles. The molecule has 1 aliphatic heterocycles. The number of hydrogen-bond acceptors (Lipinski definition) is 2. The number of halogens is 1. The van der Waals surface area contributed by atoms with Crippen LogP contribution in [0.1, 0.15) is 38.2 Å². The second kappa shape index (κ2) is 7.28. The number of piperidine rings is 1. The molecular weight excluding hydrogens is 256 g/mol. The predicted octanol–water partition coefficient (Wildman–Crippen LogP) is 3.68. The van der Waals surface area contributed by atoms with Gasteiger partial charge in [-0.15, -0.1) is 0 Å². The molecule has 0 saturated carbocycles. The van der Waals surface area contributed by atoms with Gasteiger partial charge in [0.15, 0.2) is 0 Å². The Balaban J connectivity index is 1.85. The first-order chi connectivity index (χ1) is 9.17. The van der Waals surface area contributed by atoms with Crippen molar-refractivity contribution >= 4 is 11.6 Å². The third-order valence-corrected chi connectivity index (χ3v) is 4.33. The van der Waals surface area contributed by atoms with Crippen LogP contribution in [0.2, 0.25) is 5.02 Å². The molecule has 2 unspecified atom stereocenters. The highest BCUT2D eigenvalue weighted by Gasteiger charge is 2.21. The van der Waals surface area contributed by atoms with E-state index in [1.54, 1.807) is 0 Å². The summed E-state index contributed by atoms with van der Waals surface area (Å²) < 4.78 is 0. The van der Waals surface area contributed by atoms with E-state index in [1.165, 1.54) is 37.9 Å². The van der Waals surface area contributed by atoms with Crippen LogP contribution >= 0.6 is 11.6 Å². The molecular formula is C16H25ClN2. The summed E-state index contributed by atoms with van der Waals surface area (Å²) in [4.78, 5) is 2.56. The van der Waals surface area contributed by atoms with Crippen molar-refractivity contribution in [3.05, 3.63) is 34.9 Å². The van der Waals surface area contributed by atoms with Crippen molar-refractivity contribution in [3.63, 3.8) is 0 Å². The van der Waals surface area contributed by atoms with Crippen LogP contribution in [-0.4, -0.2) is 24.0 Å². The molecule has 1 fully saturated rings. The summed E-state index contributed by atoms with van der Waals surface area (Å²) in [6, 6.07) is 8.59. The lowest BCUT2D eigenvalue weighted by molar-refractivity contribution is 0.156. The van der Waals surface area contributed by atoms with E-state index >= 15 is 0 Å². The van der Waals surface area contributed by atoms with Gasteiger partial charge < -0.3 is 5.73 Å². The van der Waals surface area contributed by atoms with Crippen molar-refractivity contribution in [2.75, 3.05) is 13.1 Å². The van der Waals surface area contributed by atoms with Gasteiger partial charge in [0, 0.05) is 24.2 Å². The Morgan fingerprint density at radius 3 is 2.79 bits per heavy atom. The Morgan fingerprint density at radius 2 is 2.11 bits per heavy atom. The molecule has 0 bridgehead atoms. The maximum Gasteiger partial charge on any atom is 0.0406 e. The van der Waals surface area contributed by atoms with Crippen LogP contribution < -0.4 is 5.73 Å². The molecule has 19 heavy (non-hydrogen) atoms. The van der Waals surface area contributed by atoms with Gasteiger partial charge in [-0.3, -0.25) is 4.90 Å². The van der Waals surface area contributed by atoms with E-state index in [2.05, 4.69) is 24.0 Å². The Morgan fingerprint density at radius 1 is 1.37 bits per heavy atom. The third-order valence-electron chi connectivity index (χ3n) is 4.08. The fraction of sp³-hybridized carbons (Fsp3) is 0.625. The quantitative estimate of drug-likeness (QED) is 0.891. The van der Waals surface area contributed by atoms with Gasteiger partial charge in [0.2, 0.25) is 0 Å². The Labute approximate surface area is 121 Å². The average Bonchev–Trinajstić information content (AvgIpc) is 2.42. The number of rotatable bonds is 5. The van der Waals surface area contributed by atoms with Crippen LogP contribution in [0, 0.1) is 5.92 Å². The molecule has 2 rings (SSSR count). The SMILES string of the molecule is CCC(N)CC1CCCN(Cc2ccc(Cl)cc2)C1. The van der Waals surface area contributed by atoms with E-state index in [-0.39, 0.29) is 0 Å². The smallest absolute Gasteiger partial charge is 0.0406 e. The van der Waals surface area contributed by atoms with Crippen molar-refractivity contribution in [3.8, 4) is 0 Å². The number of likely N-dealkylation sites (tertiary alicyclic amines) is 1. The summed E-state index contributed by atoms with van der Waals surface area (Å²) in [7, 11) is 0. The molecule has 0 aromatic heterocycles. The van der Waals surface area contributed by atoms with Crippen LogP contribution in [0.5, 0.6) is 0 Å². The van der Waals surface area contributed by atoms with E-state index in [9.17, 15) is 0 Å². The van der Waals surface area contributed by atoms with Crippen molar-refractivity contribution in [1.82, 2.24) is 4.90 Å². The minimum Gasteiger partial charge on any atom is -0.328 e. The fourth-order valence-corrected chi connectivity index (χ4v) is 3.06. The molecule has 2 atom stereocenters. The van der Waals surface area contributed by atoms with Crippen LogP contribution in [0.25, 0.3) is 0 Å². The van der Waals surface area contributed by atoms with Crippen LogP contribution in [0.4, 0.5) is 0 Å². The second-order valence-electron chi connectivity index (χ2n) is 5.77. The Bertz CT molecular complexity index is 377. The van der Waals surface area contributed by atoms with Gasteiger partial charge in [-0.1, -0.05) is 30.7 Å². The van der Waals surface area contributed by atoms with Crippen LogP contribution in [-0.2, 0) is 6.54 Å². The van der Waals surface area contributed by atoms with Gasteiger partial charge in [0.1, 0.15) is 0 Å². The maximum atomic E-state index is 6.09. The maximum absolute atomic E-state index is 6.09. The molecule has 106 valence electrons. The molecule has 1 saturated heterocycles. The molecule has 2 N–H and O–H groups in total. The number of nitrogens with two attached hydrogens (primary N) is 1. The minimum atomic E-state index is 0.375. The topological polar surface area (TPSA) is 29.3 Å². The van der Waals surface area contributed by atoms with Crippen molar-refractivity contribution in [2.45, 2.75) is 45.2 Å². The monoisotopic (exact) mass is 280 g/mol. The van der Waals surface area contributed by atoms with Crippen molar-refractivity contribution in [2.24, 2.45) is 11.7 Å². The van der Waals surface area contributed by atoms with Gasteiger partial charge in [-0.05, 0) is 55.8 Å². The Kier molecular flexibility index (Phi) is 5.68. The second-order valence-corrected chi connectivity index (χ2v) is 6.21. The molecule has 1 aliphatic rings. The Hall–Kier alpha value is -0.570. The third kappa shape index (κ3) is 4.79. The molecule has 0 aliphatic carbocycles. The van der Waals surface area contributed by atoms with Crippen LogP contribution in [0.15, 0.2) is 24.3 Å². The number of nitrogens with zero attached hydrogens (tertiary/aromatic N) is 1. The number of hydrogen-bond donors (Lipinski definition) is 1. The average molecular weight is 281 g/mol. The molecule has 0 spiro atoms. The molecule has 3 heteroatoms. The summed E-state index contributed by atoms with van der Waals surface area (Å²) in [6.45, 7) is 5.62. The summed E-state index contributed by atoms with van der Waals surface area (Å²) in [5, 5.41) is 0.814. The molecule has 0 radical (unpaired) electrons. The fourth-order valence-electron chi connectivity index (χ4n) is 2.93. The molecule has 1 aromatic carbocycles. The standard InChI is InChI=1S/C16H25ClN2/c1-2-16(18)10-14-4-3-9-19(12-14)11-13-5-7-15(17)8-6-13/h5-8,14,16H,2-4,9-12,18H2,1H3. The van der Waals surface area contributed by atoms with Gasteiger partial charge in [-0.2, -0.15) is 0 Å². The largest absolute Gasteiger partial charge is 0.328 e. The zero-order chi connectivity index (χ0) is 13.7. The van der Waals surface area contributed by atoms with E-state index in [1.807, 2.05) is 12.1 Å². The highest BCUT2D eigenvalue weighted by molar-refractivity contribution is 6.30. The first kappa shape index (κ1) is 14.8. The highest BCUT2D eigenvalue weighted by atomic mass is 35.5. The first-order valence-electron chi connectivity index (χ1n) is 7.39. The molecule has 1 aromatic rings. The highest BCUT2D eigenvalue weighted by Crippen LogP contribution is 2.23. The van der Waals surface area contributed by atoms with Crippen molar-refractivity contribution in [1.29, 1.82) is 0 Å². The van der Waals surface area contributed by atoms with Gasteiger partial charge in [-0.25, -0.2) is 0 Å². The van der Waals surface area contributed by atoms with E-state index in [0.717, 1.165) is 23.9 Å². The molecule has 0 amide bonds. The zero-order valence-corrected chi connectivity index (χ0v) is 12.6. The number of benzene rings is 1. The van der Waals surface area contributed by atoms with Gasteiger partial charge >= 0.3 is 0 Å². The van der Waals surface area contributed by atoms with Crippen LogP contribution in [0.3, 0.4) is 0 Å². The summed E-state index contributed by atoms with van der Waals surface area (Å²) in [5.74, 6) is 0.774. The lowest BCUT2D eigenvalue weighted by Crippen LogP contribution is -2.37.